The lowest BCUT2D eigenvalue weighted by molar-refractivity contribution is 0.387. The summed E-state index contributed by atoms with van der Waals surface area (Å²) in [5, 5.41) is 0. The van der Waals surface area contributed by atoms with Crippen LogP contribution in [0.25, 0.3) is 11.1 Å². The Labute approximate surface area is 86.6 Å². The first kappa shape index (κ1) is 9.58. The maximum atomic E-state index is 13.3. The molecule has 0 aliphatic heterocycles. The molecular weight excluding hydrogens is 195 g/mol. The van der Waals surface area contributed by atoms with Gasteiger partial charge in [-0.3, -0.25) is 9.97 Å². The smallest absolute Gasteiger partial charge is 0.183 e. The minimum absolute atomic E-state index is 0.193. The van der Waals surface area contributed by atoms with Crippen molar-refractivity contribution in [2.45, 2.75) is 0 Å². The third-order valence-electron chi connectivity index (χ3n) is 2.03. The zero-order valence-corrected chi connectivity index (χ0v) is 8.14. The van der Waals surface area contributed by atoms with E-state index in [4.69, 9.17) is 4.74 Å². The summed E-state index contributed by atoms with van der Waals surface area (Å²) in [5.74, 6) is -0.281. The van der Waals surface area contributed by atoms with Crippen molar-refractivity contribution in [3.05, 3.63) is 42.7 Å². The molecule has 0 aromatic carbocycles. The van der Waals surface area contributed by atoms with Crippen molar-refractivity contribution in [3.8, 4) is 16.9 Å². The van der Waals surface area contributed by atoms with E-state index < -0.39 is 5.82 Å². The summed E-state index contributed by atoms with van der Waals surface area (Å²) in [6, 6.07) is 3.60. The Kier molecular flexibility index (Phi) is 2.58. The Morgan fingerprint density at radius 2 is 2.07 bits per heavy atom. The van der Waals surface area contributed by atoms with Crippen LogP contribution in [0.5, 0.6) is 5.75 Å². The highest BCUT2D eigenvalue weighted by atomic mass is 19.1. The molecule has 2 rings (SSSR count). The highest BCUT2D eigenvalue weighted by Gasteiger charge is 2.10. The monoisotopic (exact) mass is 204 g/mol. The fourth-order valence-corrected chi connectivity index (χ4v) is 1.36. The van der Waals surface area contributed by atoms with Crippen LogP contribution < -0.4 is 4.74 Å². The van der Waals surface area contributed by atoms with Gasteiger partial charge in [0.2, 0.25) is 0 Å². The number of nitrogens with zero attached hydrogens (tertiary/aromatic N) is 2. The summed E-state index contributed by atoms with van der Waals surface area (Å²) in [5.41, 5.74) is 1.38. The van der Waals surface area contributed by atoms with Gasteiger partial charge in [0.15, 0.2) is 11.6 Å². The SMILES string of the molecule is COc1c(F)cncc1-c1cccnc1. The van der Waals surface area contributed by atoms with Gasteiger partial charge < -0.3 is 4.74 Å². The second-order valence-corrected chi connectivity index (χ2v) is 2.94. The minimum atomic E-state index is -0.473. The lowest BCUT2D eigenvalue weighted by Gasteiger charge is -2.07. The number of rotatable bonds is 2. The molecular formula is C11H9FN2O. The predicted molar refractivity (Wildman–Crippen MR) is 54.0 cm³/mol. The van der Waals surface area contributed by atoms with E-state index in [2.05, 4.69) is 9.97 Å². The van der Waals surface area contributed by atoms with E-state index in [0.29, 0.717) is 5.56 Å². The van der Waals surface area contributed by atoms with Crippen molar-refractivity contribution >= 4 is 0 Å². The van der Waals surface area contributed by atoms with Crippen LogP contribution in [0.4, 0.5) is 4.39 Å². The molecule has 0 bridgehead atoms. The largest absolute Gasteiger partial charge is 0.493 e. The number of aromatic nitrogens is 2. The van der Waals surface area contributed by atoms with Gasteiger partial charge in [0, 0.05) is 29.7 Å². The molecule has 0 aliphatic rings. The molecule has 0 saturated carbocycles. The normalized spacial score (nSPS) is 10.0. The molecule has 0 unspecified atom stereocenters. The average Bonchev–Trinajstić information content (AvgIpc) is 2.30. The number of methoxy groups -OCH3 is 1. The molecule has 0 aliphatic carbocycles. The molecule has 0 spiro atoms. The molecule has 4 heteroatoms. The molecule has 0 atom stereocenters. The second kappa shape index (κ2) is 4.04. The van der Waals surface area contributed by atoms with Crippen LogP contribution in [0.3, 0.4) is 0 Å². The van der Waals surface area contributed by atoms with Gasteiger partial charge in [-0.1, -0.05) is 6.07 Å². The Morgan fingerprint density at radius 3 is 2.73 bits per heavy atom. The zero-order chi connectivity index (χ0) is 10.7. The van der Waals surface area contributed by atoms with Crippen molar-refractivity contribution in [2.24, 2.45) is 0 Å². The summed E-state index contributed by atoms with van der Waals surface area (Å²) in [6.45, 7) is 0. The molecule has 0 radical (unpaired) electrons. The van der Waals surface area contributed by atoms with Crippen molar-refractivity contribution in [1.82, 2.24) is 9.97 Å². The van der Waals surface area contributed by atoms with Crippen molar-refractivity contribution < 1.29 is 9.13 Å². The molecule has 2 aromatic heterocycles. The topological polar surface area (TPSA) is 35.0 Å². The Bertz CT molecular complexity index is 459. The quantitative estimate of drug-likeness (QED) is 0.752. The minimum Gasteiger partial charge on any atom is -0.493 e. The molecule has 0 saturated heterocycles. The second-order valence-electron chi connectivity index (χ2n) is 2.94. The number of ether oxygens (including phenoxy) is 1. The summed E-state index contributed by atoms with van der Waals surface area (Å²) >= 11 is 0. The highest BCUT2D eigenvalue weighted by molar-refractivity contribution is 5.68. The average molecular weight is 204 g/mol. The van der Waals surface area contributed by atoms with Crippen LogP contribution >= 0.6 is 0 Å². The van der Waals surface area contributed by atoms with Crippen LogP contribution in [0.1, 0.15) is 0 Å². The van der Waals surface area contributed by atoms with Gasteiger partial charge in [-0.25, -0.2) is 4.39 Å². The first-order valence-corrected chi connectivity index (χ1v) is 4.41. The molecule has 15 heavy (non-hydrogen) atoms. The van der Waals surface area contributed by atoms with E-state index in [0.717, 1.165) is 11.8 Å². The fourth-order valence-electron chi connectivity index (χ4n) is 1.36. The van der Waals surface area contributed by atoms with Crippen LogP contribution in [-0.4, -0.2) is 17.1 Å². The third-order valence-corrected chi connectivity index (χ3v) is 2.03. The summed E-state index contributed by atoms with van der Waals surface area (Å²) in [6.07, 6.45) is 5.97. The van der Waals surface area contributed by atoms with Gasteiger partial charge in [0.25, 0.3) is 0 Å². The first-order valence-electron chi connectivity index (χ1n) is 4.41. The Balaban J connectivity index is 2.58. The standard InChI is InChI=1S/C11H9FN2O/c1-15-11-9(6-14-7-10(11)12)8-3-2-4-13-5-8/h2-7H,1H3. The molecule has 3 nitrogen and oxygen atoms in total. The first-order chi connectivity index (χ1) is 7.33. The summed E-state index contributed by atoms with van der Waals surface area (Å²) < 4.78 is 18.3. The van der Waals surface area contributed by atoms with E-state index >= 15 is 0 Å². The number of halogens is 1. The van der Waals surface area contributed by atoms with Crippen molar-refractivity contribution in [1.29, 1.82) is 0 Å². The van der Waals surface area contributed by atoms with Gasteiger partial charge in [0.1, 0.15) is 0 Å². The predicted octanol–water partition coefficient (Wildman–Crippen LogP) is 2.29. The summed E-state index contributed by atoms with van der Waals surface area (Å²) in [7, 11) is 1.43. The van der Waals surface area contributed by atoms with Crippen molar-refractivity contribution in [3.63, 3.8) is 0 Å². The molecule has 0 amide bonds. The van der Waals surface area contributed by atoms with E-state index in [1.165, 1.54) is 7.11 Å². The molecule has 0 fully saturated rings. The van der Waals surface area contributed by atoms with Crippen LogP contribution in [0.2, 0.25) is 0 Å². The molecule has 2 heterocycles. The van der Waals surface area contributed by atoms with Gasteiger partial charge in [-0.15, -0.1) is 0 Å². The zero-order valence-electron chi connectivity index (χ0n) is 8.14. The van der Waals surface area contributed by atoms with E-state index in [1.807, 2.05) is 6.07 Å². The van der Waals surface area contributed by atoms with Gasteiger partial charge >= 0.3 is 0 Å². The van der Waals surface area contributed by atoms with Crippen molar-refractivity contribution in [2.75, 3.05) is 7.11 Å². The highest BCUT2D eigenvalue weighted by Crippen LogP contribution is 2.30. The van der Waals surface area contributed by atoms with E-state index in [1.54, 1.807) is 24.7 Å². The lowest BCUT2D eigenvalue weighted by Crippen LogP contribution is -1.93. The van der Waals surface area contributed by atoms with E-state index in [-0.39, 0.29) is 5.75 Å². The summed E-state index contributed by atoms with van der Waals surface area (Å²) in [4.78, 5) is 7.75. The molecule has 76 valence electrons. The third kappa shape index (κ3) is 1.79. The fraction of sp³-hybridized carbons (Fsp3) is 0.0909. The van der Waals surface area contributed by atoms with Gasteiger partial charge in [-0.2, -0.15) is 0 Å². The number of hydrogen-bond donors (Lipinski definition) is 0. The molecule has 0 N–H and O–H groups in total. The number of hydrogen-bond acceptors (Lipinski definition) is 3. The maximum absolute atomic E-state index is 13.3. The van der Waals surface area contributed by atoms with Gasteiger partial charge in [0.05, 0.1) is 13.3 Å². The lowest BCUT2D eigenvalue weighted by atomic mass is 10.1. The van der Waals surface area contributed by atoms with Crippen LogP contribution in [0.15, 0.2) is 36.9 Å². The number of pyridine rings is 2. The van der Waals surface area contributed by atoms with Crippen LogP contribution in [0, 0.1) is 5.82 Å². The Hall–Kier alpha value is -1.97. The van der Waals surface area contributed by atoms with E-state index in [9.17, 15) is 4.39 Å². The Morgan fingerprint density at radius 1 is 1.20 bits per heavy atom. The maximum Gasteiger partial charge on any atom is 0.183 e. The van der Waals surface area contributed by atoms with Gasteiger partial charge in [-0.05, 0) is 6.07 Å². The van der Waals surface area contributed by atoms with Crippen LogP contribution in [-0.2, 0) is 0 Å². The molecule has 2 aromatic rings.